The van der Waals surface area contributed by atoms with Crippen LogP contribution in [0.2, 0.25) is 0 Å². The second-order valence-corrected chi connectivity index (χ2v) is 5.56. The monoisotopic (exact) mass is 312 g/mol. The average Bonchev–Trinajstić information content (AvgIpc) is 2.60. The number of unbranched alkanes of at least 4 members (excludes halogenated alkanes) is 3. The first-order valence-corrected chi connectivity index (χ1v) is 8.20. The fourth-order valence-electron chi connectivity index (χ4n) is 2.58. The zero-order valence-electron chi connectivity index (χ0n) is 13.4. The topological polar surface area (TPSA) is 46.5 Å². The number of hydrogen-bond donors (Lipinski definition) is 1. The molecule has 0 atom stereocenters. The van der Waals surface area contributed by atoms with Gasteiger partial charge in [-0.25, -0.2) is 0 Å². The minimum absolute atomic E-state index is 0.204. The predicted octanol–water partition coefficient (Wildman–Crippen LogP) is 3.91. The van der Waals surface area contributed by atoms with Crippen molar-refractivity contribution < 1.29 is 14.6 Å². The summed E-state index contributed by atoms with van der Waals surface area (Å²) in [6.45, 7) is 0.657. The minimum atomic E-state index is -0.380. The summed E-state index contributed by atoms with van der Waals surface area (Å²) in [5, 5.41) is 8.75. The SMILES string of the molecule is O=C(OCCCCCCO)C(c1ccccc1)c1ccccc1. The van der Waals surface area contributed by atoms with Gasteiger partial charge in [0.1, 0.15) is 5.92 Å². The summed E-state index contributed by atoms with van der Waals surface area (Å²) in [5.41, 5.74) is 1.90. The van der Waals surface area contributed by atoms with Gasteiger partial charge in [-0.3, -0.25) is 4.79 Å². The van der Waals surface area contributed by atoms with Gasteiger partial charge in [0.25, 0.3) is 0 Å². The third kappa shape index (κ3) is 5.53. The van der Waals surface area contributed by atoms with Crippen LogP contribution in [0.15, 0.2) is 60.7 Å². The van der Waals surface area contributed by atoms with Crippen LogP contribution in [0.3, 0.4) is 0 Å². The van der Waals surface area contributed by atoms with Gasteiger partial charge in [-0.05, 0) is 30.4 Å². The van der Waals surface area contributed by atoms with Crippen LogP contribution in [0, 0.1) is 0 Å². The first kappa shape index (κ1) is 17.2. The molecule has 2 aromatic rings. The van der Waals surface area contributed by atoms with Crippen molar-refractivity contribution in [3.63, 3.8) is 0 Å². The molecular formula is C20H24O3. The summed E-state index contributed by atoms with van der Waals surface area (Å²) in [4.78, 5) is 12.6. The Hall–Kier alpha value is -2.13. The van der Waals surface area contributed by atoms with E-state index in [1.165, 1.54) is 0 Å². The third-order valence-corrected chi connectivity index (χ3v) is 3.80. The van der Waals surface area contributed by atoms with Crippen molar-refractivity contribution in [2.75, 3.05) is 13.2 Å². The van der Waals surface area contributed by atoms with Gasteiger partial charge < -0.3 is 9.84 Å². The highest BCUT2D eigenvalue weighted by Crippen LogP contribution is 2.26. The molecule has 122 valence electrons. The Balaban J connectivity index is 1.99. The van der Waals surface area contributed by atoms with Gasteiger partial charge in [-0.1, -0.05) is 67.1 Å². The molecule has 0 aromatic heterocycles. The highest BCUT2D eigenvalue weighted by Gasteiger charge is 2.23. The van der Waals surface area contributed by atoms with Crippen molar-refractivity contribution in [1.29, 1.82) is 0 Å². The molecule has 0 aliphatic carbocycles. The fraction of sp³-hybridized carbons (Fsp3) is 0.350. The molecule has 0 aliphatic heterocycles. The van der Waals surface area contributed by atoms with Crippen molar-refractivity contribution in [2.45, 2.75) is 31.6 Å². The third-order valence-electron chi connectivity index (χ3n) is 3.80. The van der Waals surface area contributed by atoms with E-state index >= 15 is 0 Å². The smallest absolute Gasteiger partial charge is 0.317 e. The highest BCUT2D eigenvalue weighted by atomic mass is 16.5. The largest absolute Gasteiger partial charge is 0.465 e. The van der Waals surface area contributed by atoms with Crippen molar-refractivity contribution >= 4 is 5.97 Å². The quantitative estimate of drug-likeness (QED) is 0.564. The van der Waals surface area contributed by atoms with Gasteiger partial charge in [0.15, 0.2) is 0 Å². The Morgan fingerprint density at radius 2 is 1.35 bits per heavy atom. The Labute approximate surface area is 137 Å². The van der Waals surface area contributed by atoms with E-state index in [-0.39, 0.29) is 18.5 Å². The minimum Gasteiger partial charge on any atom is -0.465 e. The molecule has 0 saturated carbocycles. The van der Waals surface area contributed by atoms with E-state index in [9.17, 15) is 4.79 Å². The number of rotatable bonds is 9. The predicted molar refractivity (Wildman–Crippen MR) is 91.2 cm³/mol. The zero-order valence-corrected chi connectivity index (χ0v) is 13.4. The normalized spacial score (nSPS) is 10.7. The molecule has 0 bridgehead atoms. The van der Waals surface area contributed by atoms with Gasteiger partial charge in [-0.2, -0.15) is 0 Å². The standard InChI is InChI=1S/C20H24O3/c21-15-9-1-2-10-16-23-20(22)19(17-11-5-3-6-12-17)18-13-7-4-8-14-18/h3-8,11-14,19,21H,1-2,9-10,15-16H2. The maximum Gasteiger partial charge on any atom is 0.317 e. The van der Waals surface area contributed by atoms with E-state index in [2.05, 4.69) is 0 Å². The van der Waals surface area contributed by atoms with Crippen LogP contribution < -0.4 is 0 Å². The van der Waals surface area contributed by atoms with Crippen LogP contribution in [0.4, 0.5) is 0 Å². The van der Waals surface area contributed by atoms with Crippen molar-refractivity contribution in [2.24, 2.45) is 0 Å². The first-order valence-electron chi connectivity index (χ1n) is 8.20. The maximum atomic E-state index is 12.6. The van der Waals surface area contributed by atoms with Crippen LogP contribution in [0.5, 0.6) is 0 Å². The number of hydrogen-bond acceptors (Lipinski definition) is 3. The molecule has 3 nitrogen and oxygen atoms in total. The van der Waals surface area contributed by atoms with Crippen molar-refractivity contribution in [1.82, 2.24) is 0 Å². The van der Waals surface area contributed by atoms with Crippen LogP contribution in [0.25, 0.3) is 0 Å². The van der Waals surface area contributed by atoms with Crippen molar-refractivity contribution in [3.05, 3.63) is 71.8 Å². The lowest BCUT2D eigenvalue weighted by molar-refractivity contribution is -0.144. The first-order chi connectivity index (χ1) is 11.3. The van der Waals surface area contributed by atoms with Gasteiger partial charge >= 0.3 is 5.97 Å². The van der Waals surface area contributed by atoms with E-state index in [0.29, 0.717) is 6.61 Å². The lowest BCUT2D eigenvalue weighted by Crippen LogP contribution is -2.18. The van der Waals surface area contributed by atoms with Crippen molar-refractivity contribution in [3.8, 4) is 0 Å². The van der Waals surface area contributed by atoms with Gasteiger partial charge in [-0.15, -0.1) is 0 Å². The van der Waals surface area contributed by atoms with E-state index in [4.69, 9.17) is 9.84 Å². The molecular weight excluding hydrogens is 288 g/mol. The Morgan fingerprint density at radius 3 is 1.87 bits per heavy atom. The summed E-state index contributed by atoms with van der Waals surface area (Å²) in [5.74, 6) is -0.584. The number of ether oxygens (including phenoxy) is 1. The molecule has 0 amide bonds. The number of carbonyl (C=O) groups is 1. The van der Waals surface area contributed by atoms with E-state index in [1.807, 2.05) is 60.7 Å². The highest BCUT2D eigenvalue weighted by molar-refractivity contribution is 5.82. The molecule has 0 aliphatic rings. The average molecular weight is 312 g/mol. The number of carbonyl (C=O) groups excluding carboxylic acids is 1. The van der Waals surface area contributed by atoms with Crippen LogP contribution in [-0.4, -0.2) is 24.3 Å². The molecule has 23 heavy (non-hydrogen) atoms. The summed E-state index contributed by atoms with van der Waals surface area (Å²) in [6.07, 6.45) is 3.58. The molecule has 0 unspecified atom stereocenters. The second-order valence-electron chi connectivity index (χ2n) is 5.56. The van der Waals surface area contributed by atoms with E-state index in [1.54, 1.807) is 0 Å². The Bertz CT molecular complexity index is 526. The molecule has 1 N–H and O–H groups in total. The summed E-state index contributed by atoms with van der Waals surface area (Å²) in [7, 11) is 0. The summed E-state index contributed by atoms with van der Waals surface area (Å²) < 4.78 is 5.49. The molecule has 0 radical (unpaired) electrons. The lowest BCUT2D eigenvalue weighted by Gasteiger charge is -2.17. The number of esters is 1. The van der Waals surface area contributed by atoms with Crippen LogP contribution >= 0.6 is 0 Å². The molecule has 2 aromatic carbocycles. The summed E-state index contributed by atoms with van der Waals surface area (Å²) >= 11 is 0. The fourth-order valence-corrected chi connectivity index (χ4v) is 2.58. The summed E-state index contributed by atoms with van der Waals surface area (Å²) in [6, 6.07) is 19.5. The van der Waals surface area contributed by atoms with Gasteiger partial charge in [0.2, 0.25) is 0 Å². The second kappa shape index (κ2) is 9.80. The lowest BCUT2D eigenvalue weighted by atomic mass is 9.91. The molecule has 3 heteroatoms. The zero-order chi connectivity index (χ0) is 16.3. The molecule has 0 fully saturated rings. The number of benzene rings is 2. The maximum absolute atomic E-state index is 12.6. The van der Waals surface area contributed by atoms with Crippen LogP contribution in [0.1, 0.15) is 42.7 Å². The van der Waals surface area contributed by atoms with E-state index in [0.717, 1.165) is 36.8 Å². The Morgan fingerprint density at radius 1 is 0.826 bits per heavy atom. The number of aliphatic hydroxyl groups is 1. The van der Waals surface area contributed by atoms with Gasteiger partial charge in [0.05, 0.1) is 6.61 Å². The van der Waals surface area contributed by atoms with Crippen LogP contribution in [-0.2, 0) is 9.53 Å². The number of aliphatic hydroxyl groups excluding tert-OH is 1. The molecule has 0 saturated heterocycles. The van der Waals surface area contributed by atoms with E-state index < -0.39 is 0 Å². The molecule has 2 rings (SSSR count). The Kier molecular flexibility index (Phi) is 7.34. The molecule has 0 spiro atoms. The van der Waals surface area contributed by atoms with Gasteiger partial charge in [0, 0.05) is 6.61 Å². The molecule has 0 heterocycles.